The first kappa shape index (κ1) is 35.2. The van der Waals surface area contributed by atoms with Crippen molar-refractivity contribution in [3.63, 3.8) is 0 Å². The van der Waals surface area contributed by atoms with Gasteiger partial charge in [0.05, 0.1) is 17.2 Å². The predicted molar refractivity (Wildman–Crippen MR) is 187 cm³/mol. The Kier molecular flexibility index (Phi) is 12.2. The zero-order valence-corrected chi connectivity index (χ0v) is 28.7. The van der Waals surface area contributed by atoms with Crippen molar-refractivity contribution in [2.75, 3.05) is 24.0 Å². The van der Waals surface area contributed by atoms with Crippen LogP contribution in [0.2, 0.25) is 0 Å². The molecular weight excluding hydrogens is 611 g/mol. The summed E-state index contributed by atoms with van der Waals surface area (Å²) in [5, 5.41) is 3.02. The van der Waals surface area contributed by atoms with E-state index >= 15 is 0 Å². The summed E-state index contributed by atoms with van der Waals surface area (Å²) in [4.78, 5) is 30.2. The number of para-hydroxylation sites is 2. The van der Waals surface area contributed by atoms with Crippen LogP contribution in [0.1, 0.15) is 43.0 Å². The molecule has 4 aromatic carbocycles. The van der Waals surface area contributed by atoms with Crippen molar-refractivity contribution in [3.8, 4) is 5.75 Å². The van der Waals surface area contributed by atoms with Crippen LogP contribution in [0.3, 0.4) is 0 Å². The van der Waals surface area contributed by atoms with Gasteiger partial charge < -0.3 is 15.0 Å². The molecule has 47 heavy (non-hydrogen) atoms. The highest BCUT2D eigenvalue weighted by molar-refractivity contribution is 7.92. The Morgan fingerprint density at radius 3 is 2.00 bits per heavy atom. The van der Waals surface area contributed by atoms with Crippen molar-refractivity contribution in [1.29, 1.82) is 0 Å². The Hall–Kier alpha value is -4.63. The van der Waals surface area contributed by atoms with Gasteiger partial charge in [-0.3, -0.25) is 13.9 Å². The Labute approximate surface area is 279 Å². The summed E-state index contributed by atoms with van der Waals surface area (Å²) in [6.07, 6.45) is 0.253. The molecule has 4 rings (SSSR count). The molecule has 0 fully saturated rings. The van der Waals surface area contributed by atoms with Gasteiger partial charge in [0, 0.05) is 19.5 Å². The quantitative estimate of drug-likeness (QED) is 0.162. The van der Waals surface area contributed by atoms with Crippen LogP contribution in [0, 0.1) is 19.8 Å². The number of hydrogen-bond acceptors (Lipinski definition) is 5. The zero-order valence-electron chi connectivity index (χ0n) is 27.8. The highest BCUT2D eigenvalue weighted by Crippen LogP contribution is 2.33. The number of ether oxygens (including phenoxy) is 1. The van der Waals surface area contributed by atoms with E-state index in [1.165, 1.54) is 17.0 Å². The Balaban J connectivity index is 1.83. The smallest absolute Gasteiger partial charge is 0.264 e. The molecule has 0 bridgehead atoms. The first-order valence-corrected chi connectivity index (χ1v) is 17.4. The molecular formula is C38H45N3O5S. The Morgan fingerprint density at radius 1 is 0.787 bits per heavy atom. The molecule has 0 saturated carbocycles. The lowest BCUT2D eigenvalue weighted by Crippen LogP contribution is -2.53. The fourth-order valence-electron chi connectivity index (χ4n) is 5.16. The van der Waals surface area contributed by atoms with Gasteiger partial charge in [-0.25, -0.2) is 8.42 Å². The van der Waals surface area contributed by atoms with Crippen LogP contribution in [0.25, 0.3) is 0 Å². The fourth-order valence-corrected chi connectivity index (χ4v) is 6.58. The number of hydrogen-bond donors (Lipinski definition) is 1. The molecule has 8 nitrogen and oxygen atoms in total. The van der Waals surface area contributed by atoms with Gasteiger partial charge in [-0.15, -0.1) is 0 Å². The summed E-state index contributed by atoms with van der Waals surface area (Å²) in [6.45, 7) is 9.98. The standard InChI is InChI=1S/C38H45N3O5S/c1-6-46-36-15-11-10-14-34(36)41(47(44,45)33-22-18-30(5)19-23-33)27-37(42)40(26-32-20-16-29(4)17-21-32)35(38(43)39-25-28(2)3)24-31-12-8-7-9-13-31/h7-23,28,35H,6,24-27H2,1-5H3,(H,39,43)/t35-/m1/s1. The van der Waals surface area contributed by atoms with Crippen LogP contribution >= 0.6 is 0 Å². The molecule has 0 aliphatic rings. The van der Waals surface area contributed by atoms with Gasteiger partial charge in [-0.2, -0.15) is 0 Å². The van der Waals surface area contributed by atoms with Gasteiger partial charge in [0.2, 0.25) is 11.8 Å². The SMILES string of the molecule is CCOc1ccccc1N(CC(=O)N(Cc1ccc(C)cc1)[C@H](Cc1ccccc1)C(=O)NCC(C)C)S(=O)(=O)c1ccc(C)cc1. The monoisotopic (exact) mass is 655 g/mol. The van der Waals surface area contributed by atoms with E-state index in [1.54, 1.807) is 36.4 Å². The van der Waals surface area contributed by atoms with E-state index in [0.717, 1.165) is 26.6 Å². The topological polar surface area (TPSA) is 96.0 Å². The third kappa shape index (κ3) is 9.45. The molecule has 0 saturated heterocycles. The minimum atomic E-state index is -4.24. The second-order valence-electron chi connectivity index (χ2n) is 12.1. The summed E-state index contributed by atoms with van der Waals surface area (Å²) >= 11 is 0. The molecule has 0 heterocycles. The number of anilines is 1. The second-order valence-corrected chi connectivity index (χ2v) is 13.9. The average molecular weight is 656 g/mol. The first-order chi connectivity index (χ1) is 22.5. The predicted octanol–water partition coefficient (Wildman–Crippen LogP) is 6.31. The van der Waals surface area contributed by atoms with Crippen molar-refractivity contribution < 1.29 is 22.7 Å². The summed E-state index contributed by atoms with van der Waals surface area (Å²) in [6, 6.07) is 29.7. The van der Waals surface area contributed by atoms with Crippen molar-refractivity contribution in [2.24, 2.45) is 5.92 Å². The average Bonchev–Trinajstić information content (AvgIpc) is 3.06. The van der Waals surface area contributed by atoms with Gasteiger partial charge in [-0.1, -0.05) is 104 Å². The lowest BCUT2D eigenvalue weighted by Gasteiger charge is -2.34. The van der Waals surface area contributed by atoms with Crippen LogP contribution in [-0.2, 0) is 32.6 Å². The van der Waals surface area contributed by atoms with Crippen molar-refractivity contribution in [3.05, 3.63) is 125 Å². The summed E-state index contributed by atoms with van der Waals surface area (Å²) in [5.74, 6) is -0.291. The lowest BCUT2D eigenvalue weighted by atomic mass is 10.0. The van der Waals surface area contributed by atoms with E-state index in [9.17, 15) is 18.0 Å². The molecule has 0 unspecified atom stereocenters. The minimum Gasteiger partial charge on any atom is -0.492 e. The van der Waals surface area contributed by atoms with Crippen LogP contribution < -0.4 is 14.4 Å². The van der Waals surface area contributed by atoms with Gasteiger partial charge in [0.25, 0.3) is 10.0 Å². The lowest BCUT2D eigenvalue weighted by molar-refractivity contribution is -0.140. The number of sulfonamides is 1. The van der Waals surface area contributed by atoms with Crippen LogP contribution in [0.4, 0.5) is 5.69 Å². The zero-order chi connectivity index (χ0) is 34.0. The highest BCUT2D eigenvalue weighted by Gasteiger charge is 2.35. The summed E-state index contributed by atoms with van der Waals surface area (Å²) < 4.78 is 35.6. The molecule has 1 atom stereocenters. The normalized spacial score (nSPS) is 12.0. The fraction of sp³-hybridized carbons (Fsp3) is 0.316. The number of nitrogens with zero attached hydrogens (tertiary/aromatic N) is 2. The van der Waals surface area contributed by atoms with E-state index < -0.39 is 28.5 Å². The third-order valence-electron chi connectivity index (χ3n) is 7.75. The van der Waals surface area contributed by atoms with Crippen LogP contribution in [0.15, 0.2) is 108 Å². The van der Waals surface area contributed by atoms with E-state index in [0.29, 0.717) is 18.9 Å². The van der Waals surface area contributed by atoms with E-state index in [4.69, 9.17) is 4.74 Å². The number of amides is 2. The molecule has 0 spiro atoms. The largest absolute Gasteiger partial charge is 0.492 e. The van der Waals surface area contributed by atoms with E-state index in [-0.39, 0.29) is 35.4 Å². The molecule has 248 valence electrons. The first-order valence-electron chi connectivity index (χ1n) is 16.0. The van der Waals surface area contributed by atoms with Crippen molar-refractivity contribution >= 4 is 27.5 Å². The minimum absolute atomic E-state index is 0.0443. The molecule has 0 aliphatic heterocycles. The van der Waals surface area contributed by atoms with E-state index in [1.807, 2.05) is 89.2 Å². The van der Waals surface area contributed by atoms with Gasteiger partial charge in [0.15, 0.2) is 0 Å². The molecule has 0 aliphatic carbocycles. The summed E-state index contributed by atoms with van der Waals surface area (Å²) in [5.41, 5.74) is 3.90. The second kappa shape index (κ2) is 16.3. The number of carbonyl (C=O) groups is 2. The third-order valence-corrected chi connectivity index (χ3v) is 9.52. The van der Waals surface area contributed by atoms with Gasteiger partial charge in [0.1, 0.15) is 18.3 Å². The highest BCUT2D eigenvalue weighted by atomic mass is 32.2. The molecule has 2 amide bonds. The van der Waals surface area contributed by atoms with Crippen molar-refractivity contribution in [2.45, 2.75) is 58.5 Å². The number of benzene rings is 4. The van der Waals surface area contributed by atoms with Crippen molar-refractivity contribution in [1.82, 2.24) is 10.2 Å². The van der Waals surface area contributed by atoms with Gasteiger partial charge in [-0.05, 0) is 62.1 Å². The number of carbonyl (C=O) groups excluding carboxylic acids is 2. The Morgan fingerprint density at radius 2 is 1.38 bits per heavy atom. The number of nitrogens with one attached hydrogen (secondary N) is 1. The molecule has 1 N–H and O–H groups in total. The molecule has 9 heteroatoms. The molecule has 0 radical (unpaired) electrons. The molecule has 0 aromatic heterocycles. The maximum absolute atomic E-state index is 14.7. The van der Waals surface area contributed by atoms with E-state index in [2.05, 4.69) is 5.32 Å². The van der Waals surface area contributed by atoms with Crippen LogP contribution in [-0.4, -0.2) is 50.9 Å². The summed E-state index contributed by atoms with van der Waals surface area (Å²) in [7, 11) is -4.24. The Bertz CT molecular complexity index is 1720. The van der Waals surface area contributed by atoms with Crippen LogP contribution in [0.5, 0.6) is 5.75 Å². The number of rotatable bonds is 15. The molecule has 4 aromatic rings. The van der Waals surface area contributed by atoms with Gasteiger partial charge >= 0.3 is 0 Å². The number of aryl methyl sites for hydroxylation is 2. The maximum atomic E-state index is 14.7. The maximum Gasteiger partial charge on any atom is 0.264 e.